The molecule has 3 unspecified atom stereocenters. The molecule has 14 rings (SSSR count). The molecule has 0 N–H and O–H groups in total. The predicted octanol–water partition coefficient (Wildman–Crippen LogP) is 17.1. The first-order chi connectivity index (χ1) is 33.7. The van der Waals surface area contributed by atoms with Crippen LogP contribution in [-0.4, -0.2) is 0 Å². The molecule has 0 saturated heterocycles. The predicted molar refractivity (Wildman–Crippen MR) is 283 cm³/mol. The Morgan fingerprint density at radius 1 is 0.324 bits per heavy atom. The molecule has 0 bridgehead atoms. The smallest absolute Gasteiger partial charge is 0.0546 e. The molecule has 0 radical (unpaired) electrons. The van der Waals surface area contributed by atoms with Gasteiger partial charge in [0, 0.05) is 28.0 Å². The zero-order chi connectivity index (χ0) is 44.8. The van der Waals surface area contributed by atoms with E-state index in [0.29, 0.717) is 11.8 Å². The minimum Gasteiger partial charge on any atom is -0.310 e. The van der Waals surface area contributed by atoms with E-state index in [4.69, 9.17) is 0 Å². The van der Waals surface area contributed by atoms with Gasteiger partial charge in [-0.2, -0.15) is 0 Å². The van der Waals surface area contributed by atoms with E-state index in [9.17, 15) is 0 Å². The van der Waals surface area contributed by atoms with E-state index >= 15 is 0 Å². The summed E-state index contributed by atoms with van der Waals surface area (Å²) >= 11 is 0. The van der Waals surface area contributed by atoms with Gasteiger partial charge in [0.1, 0.15) is 0 Å². The van der Waals surface area contributed by atoms with E-state index in [0.717, 1.165) is 19.3 Å². The van der Waals surface area contributed by atoms with Crippen LogP contribution in [0.4, 0.5) is 34.1 Å². The molecular formula is C66H50N2. The van der Waals surface area contributed by atoms with Gasteiger partial charge in [-0.05, 0) is 177 Å². The van der Waals surface area contributed by atoms with Crippen LogP contribution in [0.3, 0.4) is 0 Å². The molecule has 0 heterocycles. The fourth-order valence-corrected chi connectivity index (χ4v) is 13.4. The molecule has 2 heteroatoms. The lowest BCUT2D eigenvalue weighted by Crippen LogP contribution is -2.34. The molecule has 0 amide bonds. The Bertz CT molecular complexity index is 3550. The van der Waals surface area contributed by atoms with E-state index < -0.39 is 0 Å². The summed E-state index contributed by atoms with van der Waals surface area (Å²) in [6.45, 7) is 0. The highest BCUT2D eigenvalue weighted by atomic mass is 15.2. The van der Waals surface area contributed by atoms with Crippen LogP contribution >= 0.6 is 0 Å². The van der Waals surface area contributed by atoms with E-state index in [2.05, 4.69) is 240 Å². The van der Waals surface area contributed by atoms with Crippen molar-refractivity contribution in [2.45, 2.75) is 37.5 Å². The summed E-state index contributed by atoms with van der Waals surface area (Å²) < 4.78 is 0. The molecule has 1 saturated carbocycles. The molecule has 0 aromatic heterocycles. The summed E-state index contributed by atoms with van der Waals surface area (Å²) in [6.07, 6.45) is 5.60. The van der Waals surface area contributed by atoms with Crippen LogP contribution < -0.4 is 9.80 Å². The summed E-state index contributed by atoms with van der Waals surface area (Å²) in [7, 11) is 0. The first-order valence-corrected chi connectivity index (χ1v) is 24.6. The van der Waals surface area contributed by atoms with Gasteiger partial charge in [-0.15, -0.1) is 0 Å². The third kappa shape index (κ3) is 5.96. The zero-order valence-corrected chi connectivity index (χ0v) is 38.0. The molecule has 3 atom stereocenters. The van der Waals surface area contributed by atoms with Crippen LogP contribution in [0.15, 0.2) is 231 Å². The molecule has 0 aliphatic heterocycles. The number of hydrogen-bond donors (Lipinski definition) is 0. The van der Waals surface area contributed by atoms with Gasteiger partial charge in [0.25, 0.3) is 0 Å². The van der Waals surface area contributed by atoms with Gasteiger partial charge in [-0.3, -0.25) is 0 Å². The number of benzene rings is 10. The maximum atomic E-state index is 2.63. The third-order valence-corrected chi connectivity index (χ3v) is 16.1. The lowest BCUT2D eigenvalue weighted by molar-refractivity contribution is 0.350. The maximum absolute atomic E-state index is 2.63. The Morgan fingerprint density at radius 2 is 0.838 bits per heavy atom. The quantitative estimate of drug-likeness (QED) is 0.150. The highest BCUT2D eigenvalue weighted by Gasteiger charge is 2.62. The van der Waals surface area contributed by atoms with Crippen molar-refractivity contribution in [2.75, 3.05) is 9.80 Å². The molecule has 4 aliphatic rings. The molecule has 1 fully saturated rings. The van der Waals surface area contributed by atoms with Crippen LogP contribution in [0, 0.1) is 11.8 Å². The van der Waals surface area contributed by atoms with E-state index in [1.165, 1.54) is 124 Å². The van der Waals surface area contributed by atoms with Crippen molar-refractivity contribution in [3.05, 3.63) is 264 Å². The Morgan fingerprint density at radius 3 is 1.51 bits per heavy atom. The van der Waals surface area contributed by atoms with Gasteiger partial charge in [0.15, 0.2) is 0 Å². The highest BCUT2D eigenvalue weighted by Crippen LogP contribution is 2.69. The lowest BCUT2D eigenvalue weighted by Gasteiger charge is -2.40. The number of hydrogen-bond acceptors (Lipinski definition) is 2. The maximum Gasteiger partial charge on any atom is 0.0546 e. The first kappa shape index (κ1) is 39.2. The van der Waals surface area contributed by atoms with E-state index in [-0.39, 0.29) is 5.41 Å². The van der Waals surface area contributed by atoms with Gasteiger partial charge < -0.3 is 9.80 Å². The van der Waals surface area contributed by atoms with Crippen molar-refractivity contribution in [2.24, 2.45) is 11.8 Å². The van der Waals surface area contributed by atoms with Crippen LogP contribution in [-0.2, 0) is 24.7 Å². The molecule has 10 aromatic carbocycles. The van der Waals surface area contributed by atoms with Crippen molar-refractivity contribution in [3.63, 3.8) is 0 Å². The number of nitrogens with zero attached hydrogens (tertiary/aromatic N) is 2. The van der Waals surface area contributed by atoms with Gasteiger partial charge in [0.2, 0.25) is 0 Å². The fraction of sp³-hybridized carbons (Fsp3) is 0.121. The third-order valence-electron chi connectivity index (χ3n) is 16.1. The molecule has 68 heavy (non-hydrogen) atoms. The second-order valence-electron chi connectivity index (χ2n) is 19.5. The van der Waals surface area contributed by atoms with Crippen LogP contribution in [0.1, 0.15) is 46.2 Å². The van der Waals surface area contributed by atoms with Gasteiger partial charge >= 0.3 is 0 Å². The fourth-order valence-electron chi connectivity index (χ4n) is 13.4. The van der Waals surface area contributed by atoms with Crippen molar-refractivity contribution >= 4 is 44.9 Å². The summed E-state index contributed by atoms with van der Waals surface area (Å²) in [4.78, 5) is 5.23. The Labute approximate surface area is 399 Å². The standard InChI is InChI=1S/C66H50N2/c1-4-16-44(17-5-1)45-30-32-46(33-31-45)60-42-47-18-10-11-19-48(47)43-63(60)68(56-25-8-3-9-26-56)62-29-15-22-51-40-54-35-34-53-39-50-21-14-28-61(64(50)66(53,54)65(51)62)67(55-23-6-2-7-24-55)57-36-37-59-52(41-57)38-49-20-12-13-27-58(49)59/h1-33,36-37,41-43,53-54H,34-35,38-40H2. The number of para-hydroxylation sites is 2. The summed E-state index contributed by atoms with van der Waals surface area (Å²) in [5.74, 6) is 0.995. The number of rotatable bonds is 8. The Hall–Kier alpha value is -7.94. The van der Waals surface area contributed by atoms with E-state index in [1.54, 1.807) is 0 Å². The molecule has 324 valence electrons. The SMILES string of the molecule is c1ccc(-c2ccc(-c3cc4ccccc4cc3N(c3ccccc3)c3cccc4c3C35c6c(cccc6N(c6ccccc6)c6ccc7c(c6)Cc6ccccc6-7)CC3CCC5C4)cc2)cc1. The van der Waals surface area contributed by atoms with Gasteiger partial charge in [-0.25, -0.2) is 0 Å². The number of fused-ring (bicyclic) bond motifs is 6. The lowest BCUT2D eigenvalue weighted by atomic mass is 9.68. The number of anilines is 6. The first-order valence-electron chi connectivity index (χ1n) is 24.6. The normalized spacial score (nSPS) is 18.1. The summed E-state index contributed by atoms with van der Waals surface area (Å²) in [6, 6.07) is 86.7. The van der Waals surface area contributed by atoms with Crippen LogP contribution in [0.5, 0.6) is 0 Å². The molecule has 10 aromatic rings. The summed E-state index contributed by atoms with van der Waals surface area (Å²) in [5.41, 5.74) is 23.7. The summed E-state index contributed by atoms with van der Waals surface area (Å²) in [5, 5.41) is 2.48. The molecule has 2 nitrogen and oxygen atoms in total. The monoisotopic (exact) mass is 870 g/mol. The Kier molecular flexibility index (Phi) is 8.99. The highest BCUT2D eigenvalue weighted by molar-refractivity contribution is 5.99. The van der Waals surface area contributed by atoms with Crippen molar-refractivity contribution in [1.82, 2.24) is 0 Å². The van der Waals surface area contributed by atoms with Crippen molar-refractivity contribution < 1.29 is 0 Å². The second kappa shape index (κ2) is 15.6. The van der Waals surface area contributed by atoms with E-state index in [1.807, 2.05) is 0 Å². The topological polar surface area (TPSA) is 6.48 Å². The molecular weight excluding hydrogens is 821 g/mol. The molecule has 4 aliphatic carbocycles. The largest absolute Gasteiger partial charge is 0.310 e. The second-order valence-corrected chi connectivity index (χ2v) is 19.5. The average molecular weight is 871 g/mol. The van der Waals surface area contributed by atoms with Crippen LogP contribution in [0.25, 0.3) is 44.2 Å². The Balaban J connectivity index is 0.992. The molecule has 1 spiro atoms. The zero-order valence-electron chi connectivity index (χ0n) is 38.0. The van der Waals surface area contributed by atoms with Crippen molar-refractivity contribution in [1.29, 1.82) is 0 Å². The minimum atomic E-state index is -0.167. The van der Waals surface area contributed by atoms with Gasteiger partial charge in [-0.1, -0.05) is 170 Å². The minimum absolute atomic E-state index is 0.167. The average Bonchev–Trinajstić information content (AvgIpc) is 4.14. The van der Waals surface area contributed by atoms with Gasteiger partial charge in [0.05, 0.1) is 17.1 Å². The van der Waals surface area contributed by atoms with Crippen molar-refractivity contribution in [3.8, 4) is 33.4 Å². The van der Waals surface area contributed by atoms with Crippen LogP contribution in [0.2, 0.25) is 0 Å².